The zero-order chi connectivity index (χ0) is 30.4. The van der Waals surface area contributed by atoms with Crippen LogP contribution in [0.3, 0.4) is 0 Å². The number of nitrogens with zero attached hydrogens (tertiary/aromatic N) is 2. The predicted molar refractivity (Wildman–Crippen MR) is 159 cm³/mol. The van der Waals surface area contributed by atoms with Crippen molar-refractivity contribution in [2.75, 3.05) is 31.3 Å². The average Bonchev–Trinajstić information content (AvgIpc) is 3.49. The number of ketones is 1. The number of carbonyl (C=O) groups excluding carboxylic acids is 3. The van der Waals surface area contributed by atoms with E-state index in [2.05, 4.69) is 11.6 Å². The van der Waals surface area contributed by atoms with Crippen LogP contribution in [0.5, 0.6) is 17.2 Å². The molecule has 0 radical (unpaired) electrons. The van der Waals surface area contributed by atoms with Gasteiger partial charge in [0.2, 0.25) is 0 Å². The summed E-state index contributed by atoms with van der Waals surface area (Å²) in [5.41, 5.74) is 0.982. The first-order valence-electron chi connectivity index (χ1n) is 13.4. The van der Waals surface area contributed by atoms with E-state index in [4.69, 9.17) is 18.9 Å². The van der Waals surface area contributed by atoms with Crippen molar-refractivity contribution in [1.29, 1.82) is 0 Å². The molecule has 42 heavy (non-hydrogen) atoms. The summed E-state index contributed by atoms with van der Waals surface area (Å²) in [6.45, 7) is 11.9. The number of hydrogen-bond acceptors (Lipinski definition) is 10. The summed E-state index contributed by atoms with van der Waals surface area (Å²) < 4.78 is 22.2. The Morgan fingerprint density at radius 3 is 2.33 bits per heavy atom. The van der Waals surface area contributed by atoms with Crippen molar-refractivity contribution in [2.24, 2.45) is 0 Å². The Kier molecular flexibility index (Phi) is 9.64. The third kappa shape index (κ3) is 6.01. The van der Waals surface area contributed by atoms with Gasteiger partial charge in [0.1, 0.15) is 23.0 Å². The van der Waals surface area contributed by atoms with Crippen molar-refractivity contribution in [2.45, 2.75) is 33.7 Å². The number of aliphatic hydroxyl groups is 1. The lowest BCUT2D eigenvalue weighted by molar-refractivity contribution is -0.132. The van der Waals surface area contributed by atoms with Gasteiger partial charge in [0.05, 0.1) is 37.1 Å². The molecule has 1 atom stereocenters. The molecular weight excluding hydrogens is 560 g/mol. The van der Waals surface area contributed by atoms with Crippen molar-refractivity contribution in [3.05, 3.63) is 82.4 Å². The summed E-state index contributed by atoms with van der Waals surface area (Å²) in [6.07, 6.45) is 1.44. The topological polar surface area (TPSA) is 124 Å². The van der Waals surface area contributed by atoms with Crippen LogP contribution in [-0.2, 0) is 14.3 Å². The Morgan fingerprint density at radius 1 is 1.02 bits per heavy atom. The summed E-state index contributed by atoms with van der Waals surface area (Å²) in [4.78, 5) is 45.7. The number of aryl methyl sites for hydroxylation is 1. The number of benzene rings is 2. The van der Waals surface area contributed by atoms with Gasteiger partial charge in [-0.2, -0.15) is 0 Å². The van der Waals surface area contributed by atoms with Gasteiger partial charge in [0.15, 0.2) is 16.6 Å². The van der Waals surface area contributed by atoms with E-state index in [9.17, 15) is 19.5 Å². The van der Waals surface area contributed by atoms with Gasteiger partial charge in [-0.05, 0) is 69.7 Å². The maximum atomic E-state index is 13.6. The maximum Gasteiger partial charge on any atom is 0.350 e. The van der Waals surface area contributed by atoms with Crippen LogP contribution in [0.2, 0.25) is 0 Å². The number of aromatic nitrogens is 1. The molecule has 220 valence electrons. The second-order valence-electron chi connectivity index (χ2n) is 9.00. The largest absolute Gasteiger partial charge is 0.507 e. The fourth-order valence-electron chi connectivity index (χ4n) is 4.49. The molecule has 0 aliphatic carbocycles. The molecule has 1 aliphatic rings. The first-order valence-corrected chi connectivity index (χ1v) is 14.3. The fraction of sp³-hybridized carbons (Fsp3) is 0.290. The number of aliphatic hydroxyl groups excluding tert-OH is 1. The van der Waals surface area contributed by atoms with Crippen LogP contribution in [0, 0.1) is 6.92 Å². The van der Waals surface area contributed by atoms with E-state index < -0.39 is 23.7 Å². The zero-order valence-corrected chi connectivity index (χ0v) is 24.7. The molecule has 3 aromatic rings. The highest BCUT2D eigenvalue weighted by Crippen LogP contribution is 2.45. The highest BCUT2D eigenvalue weighted by Gasteiger charge is 2.48. The van der Waals surface area contributed by atoms with Crippen molar-refractivity contribution in [3.8, 4) is 17.2 Å². The van der Waals surface area contributed by atoms with Crippen LogP contribution in [0.4, 0.5) is 5.13 Å². The standard InChI is InChI=1S/C31H32N2O8S/c1-6-16-41-30(37)28-18(5)32-31(42-28)33-25(20-12-15-22(39-8-3)23(17-20)40-9-4)24(27(35)29(33)36)26(34)19-10-13-21(14-11-19)38-7-2/h6,10-15,17,25,34H,1,7-9,16H2,2-5H3/b26-24+. The lowest BCUT2D eigenvalue weighted by atomic mass is 9.95. The first kappa shape index (κ1) is 30.3. The molecule has 2 aromatic carbocycles. The maximum absolute atomic E-state index is 13.6. The average molecular weight is 593 g/mol. The molecule has 1 aliphatic heterocycles. The second-order valence-corrected chi connectivity index (χ2v) is 9.97. The number of carbonyl (C=O) groups is 3. The minimum absolute atomic E-state index is 0.00446. The molecular formula is C31H32N2O8S. The van der Waals surface area contributed by atoms with Crippen molar-refractivity contribution in [3.63, 3.8) is 0 Å². The first-order chi connectivity index (χ1) is 20.2. The summed E-state index contributed by atoms with van der Waals surface area (Å²) in [5.74, 6) is -1.31. The minimum atomic E-state index is -1.09. The summed E-state index contributed by atoms with van der Waals surface area (Å²) >= 11 is 0.918. The predicted octanol–water partition coefficient (Wildman–Crippen LogP) is 5.62. The number of amides is 1. The minimum Gasteiger partial charge on any atom is -0.507 e. The summed E-state index contributed by atoms with van der Waals surface area (Å²) in [7, 11) is 0. The SMILES string of the molecule is C=CCOC(=O)c1sc(N2C(=O)C(=O)/C(=C(/O)c3ccc(OCC)cc3)C2c2ccc(OCC)c(OCC)c2)nc1C. The van der Waals surface area contributed by atoms with Gasteiger partial charge in [-0.25, -0.2) is 9.78 Å². The molecule has 11 heteroatoms. The molecule has 0 bridgehead atoms. The number of rotatable bonds is 12. The van der Waals surface area contributed by atoms with E-state index in [1.165, 1.54) is 11.0 Å². The molecule has 0 spiro atoms. The number of thiazole rings is 1. The van der Waals surface area contributed by atoms with Crippen LogP contribution < -0.4 is 19.1 Å². The van der Waals surface area contributed by atoms with Crippen LogP contribution in [-0.4, -0.2) is 54.2 Å². The van der Waals surface area contributed by atoms with E-state index in [1.54, 1.807) is 49.4 Å². The molecule has 2 heterocycles. The quantitative estimate of drug-likeness (QED) is 0.0938. The smallest absolute Gasteiger partial charge is 0.350 e. The van der Waals surface area contributed by atoms with Crippen molar-refractivity contribution in [1.82, 2.24) is 4.98 Å². The summed E-state index contributed by atoms with van der Waals surface area (Å²) in [6, 6.07) is 10.5. The zero-order valence-electron chi connectivity index (χ0n) is 23.8. The Hall–Kier alpha value is -4.64. The Morgan fingerprint density at radius 2 is 1.69 bits per heavy atom. The monoisotopic (exact) mass is 592 g/mol. The van der Waals surface area contributed by atoms with Crippen LogP contribution in [0.25, 0.3) is 5.76 Å². The molecule has 1 amide bonds. The van der Waals surface area contributed by atoms with Crippen molar-refractivity contribution >= 4 is 39.9 Å². The van der Waals surface area contributed by atoms with E-state index >= 15 is 0 Å². The van der Waals surface area contributed by atoms with Gasteiger partial charge in [-0.15, -0.1) is 0 Å². The number of esters is 1. The Bertz CT molecular complexity index is 1530. The van der Waals surface area contributed by atoms with Gasteiger partial charge in [0, 0.05) is 5.56 Å². The van der Waals surface area contributed by atoms with Gasteiger partial charge in [-0.1, -0.05) is 30.1 Å². The summed E-state index contributed by atoms with van der Waals surface area (Å²) in [5, 5.41) is 11.6. The van der Waals surface area contributed by atoms with Gasteiger partial charge in [0.25, 0.3) is 5.78 Å². The Balaban J connectivity index is 1.90. The fourth-order valence-corrected chi connectivity index (χ4v) is 5.48. The molecule has 1 saturated heterocycles. The van der Waals surface area contributed by atoms with Gasteiger partial charge >= 0.3 is 11.9 Å². The number of anilines is 1. The number of hydrogen-bond donors (Lipinski definition) is 1. The van der Waals surface area contributed by atoms with Crippen LogP contribution in [0.15, 0.2) is 60.7 Å². The Labute approximate surface area is 247 Å². The number of Topliss-reactive ketones (excluding diaryl/α,β-unsaturated/α-hetero) is 1. The van der Waals surface area contributed by atoms with Crippen molar-refractivity contribution < 1.29 is 38.4 Å². The molecule has 0 saturated carbocycles. The van der Waals surface area contributed by atoms with E-state index in [1.807, 2.05) is 20.8 Å². The lowest BCUT2D eigenvalue weighted by Gasteiger charge is -2.24. The van der Waals surface area contributed by atoms with Crippen LogP contribution in [0.1, 0.15) is 53.3 Å². The second kappa shape index (κ2) is 13.3. The molecule has 4 rings (SSSR count). The lowest BCUT2D eigenvalue weighted by Crippen LogP contribution is -2.29. The van der Waals surface area contributed by atoms with E-state index in [0.29, 0.717) is 53.9 Å². The highest BCUT2D eigenvalue weighted by molar-refractivity contribution is 7.17. The number of ether oxygens (including phenoxy) is 4. The molecule has 1 fully saturated rings. The third-order valence-electron chi connectivity index (χ3n) is 6.28. The molecule has 1 aromatic heterocycles. The van der Waals surface area contributed by atoms with Crippen LogP contribution >= 0.6 is 11.3 Å². The molecule has 1 N–H and O–H groups in total. The molecule has 10 nitrogen and oxygen atoms in total. The molecule has 1 unspecified atom stereocenters. The third-order valence-corrected chi connectivity index (χ3v) is 7.41. The van der Waals surface area contributed by atoms with E-state index in [0.717, 1.165) is 11.3 Å². The van der Waals surface area contributed by atoms with E-state index in [-0.39, 0.29) is 27.9 Å². The van der Waals surface area contributed by atoms with Gasteiger partial charge in [-0.3, -0.25) is 14.5 Å². The normalized spacial score (nSPS) is 15.9. The highest BCUT2D eigenvalue weighted by atomic mass is 32.1. The van der Waals surface area contributed by atoms with Gasteiger partial charge < -0.3 is 24.1 Å².